The first-order valence-corrected chi connectivity index (χ1v) is 6.62. The number of amides is 1. The van der Waals surface area contributed by atoms with E-state index in [9.17, 15) is 4.79 Å². The second-order valence-electron chi connectivity index (χ2n) is 5.43. The third kappa shape index (κ3) is 4.23. The molecule has 1 atom stereocenters. The highest BCUT2D eigenvalue weighted by molar-refractivity contribution is 6.18. The molecule has 1 aliphatic rings. The zero-order valence-electron chi connectivity index (χ0n) is 11.0. The molecule has 1 amide bonds. The van der Waals surface area contributed by atoms with Crippen molar-refractivity contribution in [1.82, 2.24) is 4.90 Å². The number of carbonyl (C=O) groups excluding carboxylic acids is 1. The van der Waals surface area contributed by atoms with Crippen LogP contribution in [0.1, 0.15) is 40.0 Å². The first kappa shape index (κ1) is 14.4. The van der Waals surface area contributed by atoms with Gasteiger partial charge in [-0.05, 0) is 40.0 Å². The number of halogens is 1. The Bertz CT molecular complexity index is 296. The molecular weight excluding hydrogens is 238 g/mol. The van der Waals surface area contributed by atoms with Gasteiger partial charge in [0.25, 0.3) is 0 Å². The Labute approximate surface area is 109 Å². The molecule has 4 heteroatoms. The highest BCUT2D eigenvalue weighted by Gasteiger charge is 2.33. The lowest BCUT2D eigenvalue weighted by Crippen LogP contribution is -2.40. The van der Waals surface area contributed by atoms with E-state index in [1.807, 2.05) is 20.8 Å². The van der Waals surface area contributed by atoms with Crippen LogP contribution in [-0.2, 0) is 4.74 Å². The number of likely N-dealkylation sites (tertiary alicyclic amines) is 1. The normalized spacial score (nSPS) is 20.5. The Hall–Kier alpha value is -0.700. The lowest BCUT2D eigenvalue weighted by atomic mass is 10.0. The van der Waals surface area contributed by atoms with Crippen LogP contribution in [0.25, 0.3) is 0 Å². The fraction of sp³-hybridized carbons (Fsp3) is 0.769. The van der Waals surface area contributed by atoms with Crippen molar-refractivity contribution in [3.8, 4) is 0 Å². The van der Waals surface area contributed by atoms with Gasteiger partial charge < -0.3 is 9.64 Å². The molecule has 0 aliphatic carbocycles. The number of carbonyl (C=O) groups is 1. The summed E-state index contributed by atoms with van der Waals surface area (Å²) >= 11 is 5.71. The number of hydrogen-bond acceptors (Lipinski definition) is 2. The van der Waals surface area contributed by atoms with Crippen LogP contribution >= 0.6 is 11.6 Å². The molecule has 0 aromatic rings. The maximum atomic E-state index is 12.0. The molecule has 0 bridgehead atoms. The molecule has 1 fully saturated rings. The molecule has 0 N–H and O–H groups in total. The lowest BCUT2D eigenvalue weighted by Gasteiger charge is -2.29. The van der Waals surface area contributed by atoms with Crippen molar-refractivity contribution >= 4 is 17.7 Å². The monoisotopic (exact) mass is 259 g/mol. The molecule has 0 saturated carbocycles. The van der Waals surface area contributed by atoms with Gasteiger partial charge in [0.05, 0.1) is 6.04 Å². The first-order chi connectivity index (χ1) is 7.85. The van der Waals surface area contributed by atoms with Crippen LogP contribution in [0.15, 0.2) is 12.2 Å². The Balaban J connectivity index is 2.63. The van der Waals surface area contributed by atoms with Crippen LogP contribution in [0.2, 0.25) is 0 Å². The molecule has 1 aliphatic heterocycles. The molecule has 1 saturated heterocycles. The zero-order valence-corrected chi connectivity index (χ0v) is 11.7. The zero-order chi connectivity index (χ0) is 13.1. The van der Waals surface area contributed by atoms with E-state index in [0.29, 0.717) is 5.88 Å². The molecule has 17 heavy (non-hydrogen) atoms. The van der Waals surface area contributed by atoms with Crippen LogP contribution in [0, 0.1) is 0 Å². The predicted octanol–water partition coefficient (Wildman–Crippen LogP) is 3.57. The third-order valence-corrected chi connectivity index (χ3v) is 2.96. The van der Waals surface area contributed by atoms with E-state index in [4.69, 9.17) is 16.3 Å². The Morgan fingerprint density at radius 1 is 1.53 bits per heavy atom. The molecule has 0 radical (unpaired) electrons. The minimum absolute atomic E-state index is 0.101. The summed E-state index contributed by atoms with van der Waals surface area (Å²) in [6, 6.07) is 0.101. The van der Waals surface area contributed by atoms with Gasteiger partial charge >= 0.3 is 6.09 Å². The lowest BCUT2D eigenvalue weighted by molar-refractivity contribution is 0.0248. The summed E-state index contributed by atoms with van der Waals surface area (Å²) in [6.07, 6.45) is 2.49. The molecule has 0 aromatic heterocycles. The van der Waals surface area contributed by atoms with Crippen molar-refractivity contribution in [2.75, 3.05) is 12.4 Å². The topological polar surface area (TPSA) is 29.5 Å². The Kier molecular flexibility index (Phi) is 4.87. The Morgan fingerprint density at radius 2 is 2.18 bits per heavy atom. The van der Waals surface area contributed by atoms with Gasteiger partial charge in [-0.3, -0.25) is 0 Å². The second kappa shape index (κ2) is 5.76. The first-order valence-electron chi connectivity index (χ1n) is 6.08. The summed E-state index contributed by atoms with van der Waals surface area (Å²) in [7, 11) is 0. The molecule has 1 heterocycles. The van der Waals surface area contributed by atoms with Gasteiger partial charge in [0.2, 0.25) is 0 Å². The van der Waals surface area contributed by atoms with E-state index >= 15 is 0 Å². The smallest absolute Gasteiger partial charge is 0.410 e. The van der Waals surface area contributed by atoms with Crippen molar-refractivity contribution in [1.29, 1.82) is 0 Å². The largest absolute Gasteiger partial charge is 0.444 e. The second-order valence-corrected chi connectivity index (χ2v) is 5.81. The van der Waals surface area contributed by atoms with Crippen LogP contribution in [0.5, 0.6) is 0 Å². The average molecular weight is 260 g/mol. The van der Waals surface area contributed by atoms with Gasteiger partial charge in [-0.2, -0.15) is 0 Å². The van der Waals surface area contributed by atoms with Crippen molar-refractivity contribution in [2.24, 2.45) is 0 Å². The standard InChI is InChI=1S/C13H22ClNO2/c1-10(7-8-14)11-6-5-9-15(11)12(16)17-13(2,3)4/h11H,1,5-9H2,2-4H3/t11-/m1/s1. The summed E-state index contributed by atoms with van der Waals surface area (Å²) in [6.45, 7) is 10.4. The van der Waals surface area contributed by atoms with Crippen LogP contribution in [0.4, 0.5) is 4.79 Å². The summed E-state index contributed by atoms with van der Waals surface area (Å²) in [5, 5.41) is 0. The minimum atomic E-state index is -0.446. The van der Waals surface area contributed by atoms with Crippen LogP contribution in [0.3, 0.4) is 0 Å². The van der Waals surface area contributed by atoms with E-state index in [1.165, 1.54) is 0 Å². The fourth-order valence-corrected chi connectivity index (χ4v) is 2.26. The van der Waals surface area contributed by atoms with Gasteiger partial charge in [0.1, 0.15) is 5.60 Å². The van der Waals surface area contributed by atoms with Crippen LogP contribution in [-0.4, -0.2) is 35.1 Å². The van der Waals surface area contributed by atoms with E-state index in [1.54, 1.807) is 4.90 Å². The van der Waals surface area contributed by atoms with Gasteiger partial charge in [0.15, 0.2) is 0 Å². The molecule has 0 spiro atoms. The van der Waals surface area contributed by atoms with Crippen molar-refractivity contribution < 1.29 is 9.53 Å². The summed E-state index contributed by atoms with van der Waals surface area (Å²) in [5.74, 6) is 0.553. The Morgan fingerprint density at radius 3 is 2.71 bits per heavy atom. The van der Waals surface area contributed by atoms with E-state index in [-0.39, 0.29) is 12.1 Å². The summed E-state index contributed by atoms with van der Waals surface area (Å²) in [4.78, 5) is 13.8. The van der Waals surface area contributed by atoms with Gasteiger partial charge in [-0.25, -0.2) is 4.79 Å². The number of alkyl halides is 1. The highest BCUT2D eigenvalue weighted by atomic mass is 35.5. The molecule has 1 rings (SSSR count). The number of ether oxygens (including phenoxy) is 1. The molecule has 98 valence electrons. The fourth-order valence-electron chi connectivity index (χ4n) is 2.02. The van der Waals surface area contributed by atoms with E-state index in [0.717, 1.165) is 31.4 Å². The van der Waals surface area contributed by atoms with Crippen molar-refractivity contribution in [3.63, 3.8) is 0 Å². The summed E-state index contributed by atoms with van der Waals surface area (Å²) in [5.41, 5.74) is 0.585. The number of hydrogen-bond donors (Lipinski definition) is 0. The molecule has 0 unspecified atom stereocenters. The number of nitrogens with zero attached hydrogens (tertiary/aromatic N) is 1. The average Bonchev–Trinajstić information content (AvgIpc) is 2.63. The van der Waals surface area contributed by atoms with Crippen molar-refractivity contribution in [2.45, 2.75) is 51.7 Å². The molecule has 0 aromatic carbocycles. The predicted molar refractivity (Wildman–Crippen MR) is 70.4 cm³/mol. The molecular formula is C13H22ClNO2. The maximum Gasteiger partial charge on any atom is 0.410 e. The minimum Gasteiger partial charge on any atom is -0.444 e. The SMILES string of the molecule is C=C(CCCl)[C@H]1CCCN1C(=O)OC(C)(C)C. The van der Waals surface area contributed by atoms with Gasteiger partial charge in [-0.1, -0.05) is 12.2 Å². The van der Waals surface area contributed by atoms with Crippen molar-refractivity contribution in [3.05, 3.63) is 12.2 Å². The third-order valence-electron chi connectivity index (χ3n) is 2.77. The maximum absolute atomic E-state index is 12.0. The quantitative estimate of drug-likeness (QED) is 0.573. The van der Waals surface area contributed by atoms with E-state index < -0.39 is 5.60 Å². The molecule has 3 nitrogen and oxygen atoms in total. The van der Waals surface area contributed by atoms with Crippen LogP contribution < -0.4 is 0 Å². The van der Waals surface area contributed by atoms with Gasteiger partial charge in [0, 0.05) is 12.4 Å². The number of rotatable bonds is 3. The van der Waals surface area contributed by atoms with Gasteiger partial charge in [-0.15, -0.1) is 11.6 Å². The summed E-state index contributed by atoms with van der Waals surface area (Å²) < 4.78 is 5.39. The van der Waals surface area contributed by atoms with E-state index in [2.05, 4.69) is 6.58 Å². The highest BCUT2D eigenvalue weighted by Crippen LogP contribution is 2.26.